The van der Waals surface area contributed by atoms with Crippen molar-refractivity contribution >= 4 is 0 Å². The molecule has 2 atom stereocenters. The number of ether oxygens (including phenoxy) is 1. The molecule has 0 aromatic rings. The summed E-state index contributed by atoms with van der Waals surface area (Å²) in [4.78, 5) is 0. The van der Waals surface area contributed by atoms with E-state index in [0.717, 1.165) is 0 Å². The third-order valence-corrected chi connectivity index (χ3v) is 2.39. The highest BCUT2D eigenvalue weighted by atomic mass is 19.1. The maximum atomic E-state index is 13.0. The molecule has 0 aromatic carbocycles. The molecule has 0 fully saturated rings. The molecule has 74 valence electrons. The van der Waals surface area contributed by atoms with Gasteiger partial charge in [-0.05, 0) is 33.6 Å². The summed E-state index contributed by atoms with van der Waals surface area (Å²) in [7, 11) is 0. The first-order chi connectivity index (χ1) is 5.27. The highest BCUT2D eigenvalue weighted by molar-refractivity contribution is 4.77. The Morgan fingerprint density at radius 2 is 1.50 bits per heavy atom. The van der Waals surface area contributed by atoms with Crippen molar-refractivity contribution in [3.63, 3.8) is 0 Å². The van der Waals surface area contributed by atoms with Crippen molar-refractivity contribution in [3.05, 3.63) is 0 Å². The monoisotopic (exact) mass is 176 g/mol. The Morgan fingerprint density at radius 1 is 1.08 bits per heavy atom. The van der Waals surface area contributed by atoms with Gasteiger partial charge in [-0.15, -0.1) is 0 Å². The first-order valence-corrected chi connectivity index (χ1v) is 4.59. The fourth-order valence-electron chi connectivity index (χ4n) is 0.709. The Morgan fingerprint density at radius 3 is 1.75 bits per heavy atom. The molecular weight excluding hydrogens is 155 g/mol. The third kappa shape index (κ3) is 3.53. The van der Waals surface area contributed by atoms with Crippen LogP contribution in [-0.2, 0) is 4.74 Å². The van der Waals surface area contributed by atoms with Crippen molar-refractivity contribution in [1.29, 1.82) is 0 Å². The second-order valence-electron chi connectivity index (χ2n) is 4.29. The lowest BCUT2D eigenvalue weighted by Crippen LogP contribution is -2.38. The molecule has 0 amide bonds. The van der Waals surface area contributed by atoms with E-state index in [9.17, 15) is 4.39 Å². The lowest BCUT2D eigenvalue weighted by atomic mass is 10.0. The fourth-order valence-corrected chi connectivity index (χ4v) is 0.709. The molecule has 0 spiro atoms. The van der Waals surface area contributed by atoms with Crippen LogP contribution in [0.2, 0.25) is 0 Å². The van der Waals surface area contributed by atoms with E-state index >= 15 is 0 Å². The summed E-state index contributed by atoms with van der Waals surface area (Å²) >= 11 is 0. The summed E-state index contributed by atoms with van der Waals surface area (Å²) in [5.41, 5.74) is -0.663. The summed E-state index contributed by atoms with van der Waals surface area (Å²) in [5, 5.41) is 0. The van der Waals surface area contributed by atoms with Crippen LogP contribution in [0, 0.1) is 5.92 Å². The van der Waals surface area contributed by atoms with Gasteiger partial charge in [0.25, 0.3) is 0 Å². The van der Waals surface area contributed by atoms with Crippen molar-refractivity contribution < 1.29 is 9.13 Å². The van der Waals surface area contributed by atoms with E-state index in [-0.39, 0.29) is 6.10 Å². The first kappa shape index (κ1) is 11.9. The molecular formula is C10H21FO. The van der Waals surface area contributed by atoms with Crippen LogP contribution >= 0.6 is 0 Å². The van der Waals surface area contributed by atoms with Gasteiger partial charge in [0.1, 0.15) is 6.17 Å². The van der Waals surface area contributed by atoms with Crippen LogP contribution in [0.15, 0.2) is 0 Å². The van der Waals surface area contributed by atoms with Crippen LogP contribution in [0.25, 0.3) is 0 Å². The highest BCUT2D eigenvalue weighted by Gasteiger charge is 2.29. The number of halogens is 1. The SMILES string of the molecule is CC(C)C(C)OC(C)(C)C(C)F. The van der Waals surface area contributed by atoms with E-state index in [1.165, 1.54) is 6.92 Å². The molecule has 0 aromatic heterocycles. The summed E-state index contributed by atoms with van der Waals surface area (Å²) in [6, 6.07) is 0. The van der Waals surface area contributed by atoms with E-state index in [1.54, 1.807) is 13.8 Å². The van der Waals surface area contributed by atoms with Crippen LogP contribution in [0.3, 0.4) is 0 Å². The molecule has 12 heavy (non-hydrogen) atoms. The maximum Gasteiger partial charge on any atom is 0.126 e. The average molecular weight is 176 g/mol. The predicted octanol–water partition coefficient (Wildman–Crippen LogP) is 3.18. The van der Waals surface area contributed by atoms with Gasteiger partial charge in [0.2, 0.25) is 0 Å². The van der Waals surface area contributed by atoms with Crippen molar-refractivity contribution in [1.82, 2.24) is 0 Å². The quantitative estimate of drug-likeness (QED) is 0.639. The van der Waals surface area contributed by atoms with Gasteiger partial charge in [-0.3, -0.25) is 0 Å². The van der Waals surface area contributed by atoms with Crippen LogP contribution in [0.4, 0.5) is 4.39 Å². The Bertz CT molecular complexity index is 130. The molecule has 0 saturated heterocycles. The zero-order valence-electron chi connectivity index (χ0n) is 9.02. The molecule has 0 heterocycles. The zero-order chi connectivity index (χ0) is 9.94. The fraction of sp³-hybridized carbons (Fsp3) is 1.00. The zero-order valence-corrected chi connectivity index (χ0v) is 9.02. The van der Waals surface area contributed by atoms with Gasteiger partial charge in [0.05, 0.1) is 11.7 Å². The molecule has 0 radical (unpaired) electrons. The average Bonchev–Trinajstić information content (AvgIpc) is 1.85. The van der Waals surface area contributed by atoms with Crippen LogP contribution in [0.1, 0.15) is 41.5 Å². The molecule has 2 heteroatoms. The summed E-state index contributed by atoms with van der Waals surface area (Å²) in [6.07, 6.45) is -0.822. The van der Waals surface area contributed by atoms with Crippen molar-refractivity contribution in [2.24, 2.45) is 5.92 Å². The van der Waals surface area contributed by atoms with E-state index in [1.807, 2.05) is 6.92 Å². The number of rotatable bonds is 4. The second-order valence-corrected chi connectivity index (χ2v) is 4.29. The largest absolute Gasteiger partial charge is 0.369 e. The molecule has 0 aliphatic rings. The molecule has 1 nitrogen and oxygen atoms in total. The van der Waals surface area contributed by atoms with Gasteiger partial charge in [0.15, 0.2) is 0 Å². The van der Waals surface area contributed by atoms with Gasteiger partial charge in [-0.1, -0.05) is 13.8 Å². The van der Waals surface area contributed by atoms with Gasteiger partial charge >= 0.3 is 0 Å². The van der Waals surface area contributed by atoms with E-state index < -0.39 is 11.8 Å². The highest BCUT2D eigenvalue weighted by Crippen LogP contribution is 2.22. The van der Waals surface area contributed by atoms with Gasteiger partial charge in [0, 0.05) is 0 Å². The maximum absolute atomic E-state index is 13.0. The van der Waals surface area contributed by atoms with Gasteiger partial charge in [-0.2, -0.15) is 0 Å². The van der Waals surface area contributed by atoms with Gasteiger partial charge in [-0.25, -0.2) is 4.39 Å². The standard InChI is InChI=1S/C10H21FO/c1-7(2)8(3)12-10(5,6)9(4)11/h7-9H,1-6H3. The Balaban J connectivity index is 4.05. The topological polar surface area (TPSA) is 9.23 Å². The first-order valence-electron chi connectivity index (χ1n) is 4.59. The van der Waals surface area contributed by atoms with E-state index in [2.05, 4.69) is 13.8 Å². The molecule has 0 N–H and O–H groups in total. The molecule has 0 bridgehead atoms. The molecule has 0 aliphatic carbocycles. The Hall–Kier alpha value is -0.110. The van der Waals surface area contributed by atoms with Crippen molar-refractivity contribution in [2.75, 3.05) is 0 Å². The minimum Gasteiger partial charge on any atom is -0.369 e. The van der Waals surface area contributed by atoms with E-state index in [4.69, 9.17) is 4.74 Å². The van der Waals surface area contributed by atoms with Gasteiger partial charge < -0.3 is 4.74 Å². The number of alkyl halides is 1. The van der Waals surface area contributed by atoms with E-state index in [0.29, 0.717) is 5.92 Å². The van der Waals surface area contributed by atoms with Crippen molar-refractivity contribution in [3.8, 4) is 0 Å². The molecule has 2 unspecified atom stereocenters. The molecule has 0 saturated carbocycles. The van der Waals surface area contributed by atoms with Crippen LogP contribution in [0.5, 0.6) is 0 Å². The minimum absolute atomic E-state index is 0.109. The minimum atomic E-state index is -0.932. The number of hydrogen-bond donors (Lipinski definition) is 0. The third-order valence-electron chi connectivity index (χ3n) is 2.39. The Labute approximate surface area is 75.3 Å². The number of hydrogen-bond acceptors (Lipinski definition) is 1. The van der Waals surface area contributed by atoms with Crippen LogP contribution < -0.4 is 0 Å². The van der Waals surface area contributed by atoms with Crippen LogP contribution in [-0.4, -0.2) is 17.9 Å². The molecule has 0 rings (SSSR count). The summed E-state index contributed by atoms with van der Waals surface area (Å²) in [5.74, 6) is 0.433. The summed E-state index contributed by atoms with van der Waals surface area (Å²) in [6.45, 7) is 11.2. The predicted molar refractivity (Wildman–Crippen MR) is 50.0 cm³/mol. The Kier molecular flexibility index (Phi) is 4.18. The smallest absolute Gasteiger partial charge is 0.126 e. The second kappa shape index (κ2) is 4.22. The lowest BCUT2D eigenvalue weighted by molar-refractivity contribution is -0.115. The van der Waals surface area contributed by atoms with Crippen molar-refractivity contribution in [2.45, 2.75) is 59.4 Å². The normalized spacial score (nSPS) is 18.0. The summed E-state index contributed by atoms with van der Waals surface area (Å²) < 4.78 is 18.6. The molecule has 0 aliphatic heterocycles. The lowest BCUT2D eigenvalue weighted by Gasteiger charge is -2.32.